The molecule has 0 radical (unpaired) electrons. The second-order valence-electron chi connectivity index (χ2n) is 6.52. The number of nitrogens with zero attached hydrogens (tertiary/aromatic N) is 2. The average molecular weight is 454 g/mol. The third kappa shape index (κ3) is 5.95. The van der Waals surface area contributed by atoms with Crippen molar-refractivity contribution in [3.05, 3.63) is 75.7 Å². The van der Waals surface area contributed by atoms with E-state index in [9.17, 15) is 24.5 Å². The molecule has 1 aromatic heterocycles. The molecule has 3 rings (SSSR count). The van der Waals surface area contributed by atoms with Crippen LogP contribution >= 0.6 is 11.3 Å². The zero-order chi connectivity index (χ0) is 23.1. The van der Waals surface area contributed by atoms with Crippen LogP contribution in [0.4, 0.5) is 10.8 Å². The van der Waals surface area contributed by atoms with E-state index in [2.05, 4.69) is 15.6 Å². The largest absolute Gasteiger partial charge is 0.451 e. The Hall–Kier alpha value is -4.12. The molecule has 1 unspecified atom stereocenters. The van der Waals surface area contributed by atoms with E-state index in [0.29, 0.717) is 16.8 Å². The lowest BCUT2D eigenvalue weighted by Gasteiger charge is -2.12. The number of carbonyl (C=O) groups excluding carboxylic acids is 3. The zero-order valence-corrected chi connectivity index (χ0v) is 17.6. The molecule has 0 aliphatic rings. The molecule has 0 fully saturated rings. The van der Waals surface area contributed by atoms with Gasteiger partial charge in [-0.15, -0.1) is 11.3 Å². The van der Waals surface area contributed by atoms with E-state index in [-0.39, 0.29) is 17.4 Å². The van der Waals surface area contributed by atoms with Crippen LogP contribution in [0.1, 0.15) is 17.3 Å². The fraction of sp³-hybridized carbons (Fsp3) is 0.143. The minimum atomic E-state index is -1.12. The summed E-state index contributed by atoms with van der Waals surface area (Å²) in [4.78, 5) is 50.8. The molecule has 2 N–H and O–H groups in total. The van der Waals surface area contributed by atoms with Gasteiger partial charge in [0.1, 0.15) is 6.54 Å². The van der Waals surface area contributed by atoms with Crippen molar-refractivity contribution in [3.63, 3.8) is 0 Å². The lowest BCUT2D eigenvalue weighted by atomic mass is 10.1. The summed E-state index contributed by atoms with van der Waals surface area (Å²) in [5, 5.41) is 17.8. The van der Waals surface area contributed by atoms with Gasteiger partial charge in [0.25, 0.3) is 17.5 Å². The number of non-ortho nitro benzene ring substituents is 1. The molecule has 164 valence electrons. The Kier molecular flexibility index (Phi) is 7.24. The second kappa shape index (κ2) is 10.3. The minimum Gasteiger partial charge on any atom is -0.451 e. The van der Waals surface area contributed by atoms with Gasteiger partial charge in [0, 0.05) is 28.6 Å². The van der Waals surface area contributed by atoms with Crippen molar-refractivity contribution < 1.29 is 24.0 Å². The van der Waals surface area contributed by atoms with E-state index >= 15 is 0 Å². The number of esters is 1. The van der Waals surface area contributed by atoms with Gasteiger partial charge in [-0.05, 0) is 19.1 Å². The van der Waals surface area contributed by atoms with E-state index in [0.717, 1.165) is 11.3 Å². The number of benzene rings is 2. The summed E-state index contributed by atoms with van der Waals surface area (Å²) in [5.41, 5.74) is 1.32. The minimum absolute atomic E-state index is 0.0685. The van der Waals surface area contributed by atoms with Crippen LogP contribution in [-0.2, 0) is 14.3 Å². The summed E-state index contributed by atoms with van der Waals surface area (Å²) in [5.74, 6) is -1.81. The quantitative estimate of drug-likeness (QED) is 0.303. The molecule has 0 aliphatic carbocycles. The van der Waals surface area contributed by atoms with E-state index in [1.54, 1.807) is 47.8 Å². The van der Waals surface area contributed by atoms with Gasteiger partial charge in [-0.3, -0.25) is 29.8 Å². The van der Waals surface area contributed by atoms with Crippen LogP contribution in [0.3, 0.4) is 0 Å². The highest BCUT2D eigenvalue weighted by molar-refractivity contribution is 7.14. The maximum Gasteiger partial charge on any atom is 0.326 e. The Morgan fingerprint density at radius 2 is 1.91 bits per heavy atom. The van der Waals surface area contributed by atoms with Gasteiger partial charge in [0.05, 0.1) is 10.6 Å². The van der Waals surface area contributed by atoms with Crippen molar-refractivity contribution in [3.8, 4) is 11.3 Å². The summed E-state index contributed by atoms with van der Waals surface area (Å²) in [6, 6.07) is 14.3. The zero-order valence-electron chi connectivity index (χ0n) is 16.8. The number of nitro groups is 1. The number of rotatable bonds is 8. The molecule has 10 nitrogen and oxygen atoms in total. The standard InChI is InChI=1S/C21H18N4O6S/c1-13(31-18(26)11-22-20(28)14-6-3-2-4-7-14)19(27)24-21-23-17(12-32-21)15-8-5-9-16(10-15)25(29)30/h2-10,12-13H,11H2,1H3,(H,22,28)(H,23,24,27). The maximum absolute atomic E-state index is 12.3. The maximum atomic E-state index is 12.3. The Bertz CT molecular complexity index is 1150. The van der Waals surface area contributed by atoms with Crippen molar-refractivity contribution in [1.82, 2.24) is 10.3 Å². The molecule has 2 aromatic carbocycles. The molecular weight excluding hydrogens is 436 g/mol. The SMILES string of the molecule is CC(OC(=O)CNC(=O)c1ccccc1)C(=O)Nc1nc(-c2cccc([N+](=O)[O-])c2)cs1. The van der Waals surface area contributed by atoms with Crippen molar-refractivity contribution in [2.45, 2.75) is 13.0 Å². The number of carbonyl (C=O) groups is 3. The summed E-state index contributed by atoms with van der Waals surface area (Å²) < 4.78 is 5.04. The molecule has 3 aromatic rings. The molecule has 1 heterocycles. The first-order valence-electron chi connectivity index (χ1n) is 9.37. The fourth-order valence-electron chi connectivity index (χ4n) is 2.59. The average Bonchev–Trinajstić information content (AvgIpc) is 3.26. The van der Waals surface area contributed by atoms with Crippen molar-refractivity contribution in [2.75, 3.05) is 11.9 Å². The first-order chi connectivity index (χ1) is 15.3. The topological polar surface area (TPSA) is 141 Å². The number of nitro benzene ring substituents is 1. The Labute approximate surface area is 186 Å². The highest BCUT2D eigenvalue weighted by atomic mass is 32.1. The third-order valence-corrected chi connectivity index (χ3v) is 4.95. The van der Waals surface area contributed by atoms with Crippen LogP contribution in [0.5, 0.6) is 0 Å². The molecule has 2 amide bonds. The fourth-order valence-corrected chi connectivity index (χ4v) is 3.31. The molecule has 0 saturated heterocycles. The van der Waals surface area contributed by atoms with Crippen LogP contribution in [0.15, 0.2) is 60.0 Å². The number of hydrogen-bond donors (Lipinski definition) is 2. The smallest absolute Gasteiger partial charge is 0.326 e. The monoisotopic (exact) mass is 454 g/mol. The highest BCUT2D eigenvalue weighted by Gasteiger charge is 2.20. The first kappa shape index (κ1) is 22.6. The number of anilines is 1. The molecule has 0 spiro atoms. The van der Waals surface area contributed by atoms with Gasteiger partial charge < -0.3 is 10.1 Å². The van der Waals surface area contributed by atoms with Crippen molar-refractivity contribution in [2.24, 2.45) is 0 Å². The Morgan fingerprint density at radius 1 is 1.16 bits per heavy atom. The number of nitrogens with one attached hydrogen (secondary N) is 2. The van der Waals surface area contributed by atoms with Crippen molar-refractivity contribution in [1.29, 1.82) is 0 Å². The van der Waals surface area contributed by atoms with Crippen LogP contribution in [0, 0.1) is 10.1 Å². The summed E-state index contributed by atoms with van der Waals surface area (Å²) >= 11 is 1.12. The van der Waals surface area contributed by atoms with Gasteiger partial charge in [0.2, 0.25) is 0 Å². The van der Waals surface area contributed by atoms with Crippen LogP contribution in [-0.4, -0.2) is 40.3 Å². The number of amides is 2. The third-order valence-electron chi connectivity index (χ3n) is 4.19. The lowest BCUT2D eigenvalue weighted by Crippen LogP contribution is -2.35. The number of thiazole rings is 1. The lowest BCUT2D eigenvalue weighted by molar-refractivity contribution is -0.384. The number of hydrogen-bond acceptors (Lipinski definition) is 8. The Balaban J connectivity index is 1.51. The Morgan fingerprint density at radius 3 is 2.62 bits per heavy atom. The second-order valence-corrected chi connectivity index (χ2v) is 7.37. The highest BCUT2D eigenvalue weighted by Crippen LogP contribution is 2.27. The van der Waals surface area contributed by atoms with Crippen molar-refractivity contribution >= 4 is 39.9 Å². The summed E-state index contributed by atoms with van der Waals surface area (Å²) in [6.07, 6.45) is -1.12. The van der Waals surface area contributed by atoms with Gasteiger partial charge in [-0.1, -0.05) is 30.3 Å². The van der Waals surface area contributed by atoms with Gasteiger partial charge in [-0.25, -0.2) is 4.98 Å². The van der Waals surface area contributed by atoms with Gasteiger partial charge in [0.15, 0.2) is 11.2 Å². The van der Waals surface area contributed by atoms with E-state index < -0.39 is 28.8 Å². The van der Waals surface area contributed by atoms with Crippen LogP contribution in [0.2, 0.25) is 0 Å². The molecule has 32 heavy (non-hydrogen) atoms. The van der Waals surface area contributed by atoms with Crippen LogP contribution < -0.4 is 10.6 Å². The molecule has 1 atom stereocenters. The predicted molar refractivity (Wildman–Crippen MR) is 117 cm³/mol. The summed E-state index contributed by atoms with van der Waals surface area (Å²) in [6.45, 7) is 1.00. The predicted octanol–water partition coefficient (Wildman–Crippen LogP) is 3.02. The van der Waals surface area contributed by atoms with Gasteiger partial charge >= 0.3 is 5.97 Å². The molecule has 11 heteroatoms. The molecule has 0 bridgehead atoms. The van der Waals surface area contributed by atoms with E-state index in [4.69, 9.17) is 4.74 Å². The first-order valence-corrected chi connectivity index (χ1v) is 10.3. The molecular formula is C21H18N4O6S. The normalized spacial score (nSPS) is 11.3. The number of ether oxygens (including phenoxy) is 1. The number of aromatic nitrogens is 1. The van der Waals surface area contributed by atoms with E-state index in [1.807, 2.05) is 0 Å². The van der Waals surface area contributed by atoms with Gasteiger partial charge in [-0.2, -0.15) is 0 Å². The molecule has 0 saturated carbocycles. The summed E-state index contributed by atoms with van der Waals surface area (Å²) in [7, 11) is 0. The van der Waals surface area contributed by atoms with E-state index in [1.165, 1.54) is 19.1 Å². The van der Waals surface area contributed by atoms with Crippen LogP contribution in [0.25, 0.3) is 11.3 Å². The molecule has 0 aliphatic heterocycles.